The normalized spacial score (nSPS) is 19.8. The number of aromatic amines is 1. The van der Waals surface area contributed by atoms with E-state index in [-0.39, 0.29) is 18.6 Å². The molecule has 11 heteroatoms. The molecule has 1 aliphatic heterocycles. The minimum atomic E-state index is -4.60. The molecule has 5 rings (SSSR count). The summed E-state index contributed by atoms with van der Waals surface area (Å²) in [6, 6.07) is 8.62. The summed E-state index contributed by atoms with van der Waals surface area (Å²) in [5.74, 6) is 0.422. The van der Waals surface area contributed by atoms with Crippen LogP contribution in [-0.4, -0.2) is 70.0 Å². The van der Waals surface area contributed by atoms with Gasteiger partial charge in [-0.05, 0) is 43.4 Å². The zero-order chi connectivity index (χ0) is 27.0. The molecule has 3 heterocycles. The Kier molecular flexibility index (Phi) is 7.23. The van der Waals surface area contributed by atoms with E-state index < -0.39 is 11.9 Å². The molecule has 1 saturated carbocycles. The lowest BCUT2D eigenvalue weighted by Gasteiger charge is -2.36. The van der Waals surface area contributed by atoms with Crippen molar-refractivity contribution >= 4 is 23.1 Å². The Bertz CT molecular complexity index is 1330. The van der Waals surface area contributed by atoms with Crippen LogP contribution >= 0.6 is 0 Å². The number of hydrogen-bond acceptors (Lipinski definition) is 6. The Hall–Kier alpha value is -3.31. The van der Waals surface area contributed by atoms with E-state index in [0.29, 0.717) is 59.3 Å². The molecule has 2 aliphatic rings. The molecule has 1 aliphatic carbocycles. The number of pyridine rings is 1. The number of halogens is 3. The number of morpholine rings is 1. The largest absolute Gasteiger partial charge is 0.433 e. The van der Waals surface area contributed by atoms with Crippen molar-refractivity contribution in [1.82, 2.24) is 25.0 Å². The lowest BCUT2D eigenvalue weighted by molar-refractivity contribution is -0.141. The standard InChI is InChI=1S/C27H32F3N7O/c1-16-13-37(9-10-38-16)14-21-25-20(12-22(33-21)27(28,29)30)24(34-35-25)19-8-4-7-18(11-19)23(17-5-3-6-17)26(32)36(2)15-31/h4,7-8,11-12,15-17,23,31-32H,3,5-6,9-10,13-14H2,1-2H3,(H,34,35)/t16-,23+/m0/s1. The van der Waals surface area contributed by atoms with Crippen molar-refractivity contribution in [2.75, 3.05) is 26.7 Å². The zero-order valence-electron chi connectivity index (χ0n) is 21.5. The maximum atomic E-state index is 13.9. The fraction of sp³-hybridized carbons (Fsp3) is 0.481. The third-order valence-electron chi connectivity index (χ3n) is 7.63. The number of hydrogen-bond donors (Lipinski definition) is 3. The first-order chi connectivity index (χ1) is 18.2. The number of alkyl halides is 3. The van der Waals surface area contributed by atoms with Crippen molar-refractivity contribution in [3.05, 3.63) is 47.3 Å². The molecular formula is C27H32F3N7O. The number of H-pyrrole nitrogens is 1. The number of fused-ring (bicyclic) bond motifs is 1. The van der Waals surface area contributed by atoms with E-state index in [1.54, 1.807) is 7.05 Å². The number of nitrogens with one attached hydrogen (secondary N) is 3. The van der Waals surface area contributed by atoms with Crippen LogP contribution in [0.3, 0.4) is 0 Å². The molecule has 0 radical (unpaired) electrons. The topological polar surface area (TPSA) is 105 Å². The van der Waals surface area contributed by atoms with E-state index in [4.69, 9.17) is 15.6 Å². The van der Waals surface area contributed by atoms with Crippen LogP contribution in [0.15, 0.2) is 30.3 Å². The molecule has 202 valence electrons. The highest BCUT2D eigenvalue weighted by Gasteiger charge is 2.35. The maximum absolute atomic E-state index is 13.9. The van der Waals surface area contributed by atoms with Crippen LogP contribution in [0.4, 0.5) is 13.2 Å². The molecule has 2 aromatic heterocycles. The molecule has 3 aromatic rings. The lowest BCUT2D eigenvalue weighted by atomic mass is 9.72. The van der Waals surface area contributed by atoms with Crippen LogP contribution in [0.5, 0.6) is 0 Å². The minimum absolute atomic E-state index is 0.000789. The van der Waals surface area contributed by atoms with Crippen molar-refractivity contribution in [1.29, 1.82) is 10.8 Å². The first-order valence-corrected chi connectivity index (χ1v) is 12.9. The van der Waals surface area contributed by atoms with Gasteiger partial charge in [-0.25, -0.2) is 4.98 Å². The van der Waals surface area contributed by atoms with Crippen LogP contribution in [0.25, 0.3) is 22.2 Å². The predicted molar refractivity (Wildman–Crippen MR) is 139 cm³/mol. The molecular weight excluding hydrogens is 495 g/mol. The molecule has 2 fully saturated rings. The van der Waals surface area contributed by atoms with Gasteiger partial charge in [0.05, 0.1) is 30.3 Å². The van der Waals surface area contributed by atoms with E-state index in [1.165, 1.54) is 4.90 Å². The van der Waals surface area contributed by atoms with Gasteiger partial charge in [0.25, 0.3) is 0 Å². The molecule has 38 heavy (non-hydrogen) atoms. The Morgan fingerprint density at radius 1 is 1.32 bits per heavy atom. The summed E-state index contributed by atoms with van der Waals surface area (Å²) >= 11 is 0. The van der Waals surface area contributed by atoms with Gasteiger partial charge in [0, 0.05) is 43.5 Å². The number of likely N-dealkylation sites (N-methyl/N-ethyl adjacent to an activating group) is 1. The second-order valence-corrected chi connectivity index (χ2v) is 10.3. The lowest BCUT2D eigenvalue weighted by Crippen LogP contribution is -2.40. The van der Waals surface area contributed by atoms with Crippen molar-refractivity contribution in [3.63, 3.8) is 0 Å². The molecule has 0 amide bonds. The highest BCUT2D eigenvalue weighted by molar-refractivity contribution is 5.96. The van der Waals surface area contributed by atoms with Gasteiger partial charge >= 0.3 is 6.18 Å². The number of rotatable bonds is 7. The Morgan fingerprint density at radius 3 is 2.76 bits per heavy atom. The van der Waals surface area contributed by atoms with Gasteiger partial charge in [-0.3, -0.25) is 20.8 Å². The maximum Gasteiger partial charge on any atom is 0.433 e. The highest BCUT2D eigenvalue weighted by Crippen LogP contribution is 2.42. The highest BCUT2D eigenvalue weighted by atomic mass is 19.4. The molecule has 0 spiro atoms. The summed E-state index contributed by atoms with van der Waals surface area (Å²) in [7, 11) is 1.69. The monoisotopic (exact) mass is 527 g/mol. The SMILES string of the molecule is C[C@H]1CN(Cc2nc(C(F)(F)F)cc3c(-c4cccc([C@H](C(=N)N(C)C=N)C5CCC5)c4)n[nH]c23)CCO1. The van der Waals surface area contributed by atoms with E-state index in [2.05, 4.69) is 15.2 Å². The third kappa shape index (κ3) is 5.17. The number of amidine groups is 1. The van der Waals surface area contributed by atoms with Crippen molar-refractivity contribution < 1.29 is 17.9 Å². The predicted octanol–water partition coefficient (Wildman–Crippen LogP) is 5.26. The van der Waals surface area contributed by atoms with Crippen LogP contribution < -0.4 is 0 Å². The number of benzene rings is 1. The fourth-order valence-corrected chi connectivity index (χ4v) is 5.40. The van der Waals surface area contributed by atoms with Gasteiger partial charge in [-0.15, -0.1) is 0 Å². The summed E-state index contributed by atoms with van der Waals surface area (Å²) in [6.45, 7) is 3.95. The Morgan fingerprint density at radius 2 is 2.11 bits per heavy atom. The minimum Gasteiger partial charge on any atom is -0.376 e. The Balaban J connectivity index is 1.57. The van der Waals surface area contributed by atoms with E-state index >= 15 is 0 Å². The van der Waals surface area contributed by atoms with Crippen LogP contribution in [-0.2, 0) is 17.5 Å². The average Bonchev–Trinajstić information content (AvgIpc) is 3.29. The van der Waals surface area contributed by atoms with Crippen molar-refractivity contribution in [2.24, 2.45) is 5.92 Å². The molecule has 1 aromatic carbocycles. The van der Waals surface area contributed by atoms with Gasteiger partial charge < -0.3 is 9.64 Å². The van der Waals surface area contributed by atoms with Gasteiger partial charge in [0.1, 0.15) is 17.2 Å². The van der Waals surface area contributed by atoms with Crippen molar-refractivity contribution in [2.45, 2.75) is 50.9 Å². The molecule has 3 N–H and O–H groups in total. The zero-order valence-corrected chi connectivity index (χ0v) is 21.5. The molecule has 0 bridgehead atoms. The molecule has 0 unspecified atom stereocenters. The van der Waals surface area contributed by atoms with Gasteiger partial charge in [0.15, 0.2) is 0 Å². The summed E-state index contributed by atoms with van der Waals surface area (Å²) in [4.78, 5) is 7.55. The second-order valence-electron chi connectivity index (χ2n) is 10.3. The number of aromatic nitrogens is 3. The van der Waals surface area contributed by atoms with Gasteiger partial charge in [-0.2, -0.15) is 18.3 Å². The fourth-order valence-electron chi connectivity index (χ4n) is 5.40. The third-order valence-corrected chi connectivity index (χ3v) is 7.63. The van der Waals surface area contributed by atoms with Crippen LogP contribution in [0, 0.1) is 16.7 Å². The second kappa shape index (κ2) is 10.5. The molecule has 2 atom stereocenters. The van der Waals surface area contributed by atoms with Crippen molar-refractivity contribution in [3.8, 4) is 11.3 Å². The quantitative estimate of drug-likeness (QED) is 0.287. The number of nitrogens with zero attached hydrogens (tertiary/aromatic N) is 4. The summed E-state index contributed by atoms with van der Waals surface area (Å²) < 4.78 is 47.3. The van der Waals surface area contributed by atoms with Gasteiger partial charge in [0.2, 0.25) is 0 Å². The summed E-state index contributed by atoms with van der Waals surface area (Å²) in [6.07, 6.45) is -0.373. The molecule has 1 saturated heterocycles. The van der Waals surface area contributed by atoms with Crippen LogP contribution in [0.2, 0.25) is 0 Å². The first kappa shape index (κ1) is 26.3. The summed E-state index contributed by atoms with van der Waals surface area (Å²) in [5.41, 5.74) is 1.85. The van der Waals surface area contributed by atoms with E-state index in [9.17, 15) is 13.2 Å². The van der Waals surface area contributed by atoms with Crippen LogP contribution in [0.1, 0.15) is 49.1 Å². The first-order valence-electron chi connectivity index (χ1n) is 12.9. The molecule has 8 nitrogen and oxygen atoms in total. The van der Waals surface area contributed by atoms with E-state index in [0.717, 1.165) is 37.2 Å². The number of ether oxygens (including phenoxy) is 1. The Labute approximate surface area is 219 Å². The van der Waals surface area contributed by atoms with E-state index in [1.807, 2.05) is 36.1 Å². The average molecular weight is 528 g/mol. The summed E-state index contributed by atoms with van der Waals surface area (Å²) in [5, 5.41) is 24.1. The smallest absolute Gasteiger partial charge is 0.376 e. The van der Waals surface area contributed by atoms with Gasteiger partial charge in [-0.1, -0.05) is 24.6 Å².